The third-order valence-electron chi connectivity index (χ3n) is 6.79. The van der Waals surface area contributed by atoms with E-state index in [1.54, 1.807) is 30.3 Å². The number of rotatable bonds is 11. The van der Waals surface area contributed by atoms with Crippen LogP contribution in [0.2, 0.25) is 0 Å². The van der Waals surface area contributed by atoms with Gasteiger partial charge < -0.3 is 36.4 Å². The van der Waals surface area contributed by atoms with Crippen molar-refractivity contribution >= 4 is 18.1 Å². The van der Waals surface area contributed by atoms with Crippen molar-refractivity contribution in [2.75, 3.05) is 0 Å². The summed E-state index contributed by atoms with van der Waals surface area (Å²) in [5, 5.41) is 37.4. The molecule has 1 fully saturated rings. The van der Waals surface area contributed by atoms with Crippen LogP contribution in [0, 0.1) is 0 Å². The molecule has 0 aromatic heterocycles. The summed E-state index contributed by atoms with van der Waals surface area (Å²) in [6.07, 6.45) is -6.41. The largest absolute Gasteiger partial charge is 0.465 e. The first-order valence-electron chi connectivity index (χ1n) is 12.4. The maximum atomic E-state index is 13.3. The van der Waals surface area contributed by atoms with Gasteiger partial charge in [0.25, 0.3) is 0 Å². The molecule has 0 bridgehead atoms. The molecule has 0 spiro atoms. The van der Waals surface area contributed by atoms with E-state index < -0.39 is 53.8 Å². The third kappa shape index (κ3) is 6.60. The number of nitrogens with zero attached hydrogens (tertiary/aromatic N) is 1. The van der Waals surface area contributed by atoms with Crippen molar-refractivity contribution in [1.82, 2.24) is 15.5 Å². The fourth-order valence-electron chi connectivity index (χ4n) is 4.59. The molecule has 0 aliphatic carbocycles. The number of ether oxygens (including phenoxy) is 1. The zero-order chi connectivity index (χ0) is 28.1. The second kappa shape index (κ2) is 11.8. The molecule has 1 aliphatic rings. The Kier molecular flexibility index (Phi) is 8.97. The number of nitrogens with one attached hydrogen (secondary N) is 2. The van der Waals surface area contributed by atoms with Crippen LogP contribution in [0.3, 0.4) is 0 Å². The molecule has 2 aromatic rings. The Bertz CT molecular complexity index is 1110. The van der Waals surface area contributed by atoms with Gasteiger partial charge in [-0.25, -0.2) is 9.59 Å². The molecule has 11 nitrogen and oxygen atoms in total. The Morgan fingerprint density at radius 3 is 2.13 bits per heavy atom. The lowest BCUT2D eigenvalue weighted by Crippen LogP contribution is -2.73. The van der Waals surface area contributed by atoms with E-state index in [0.717, 1.165) is 5.56 Å². The predicted octanol–water partition coefficient (Wildman–Crippen LogP) is 1.57. The van der Waals surface area contributed by atoms with E-state index in [4.69, 9.17) is 10.5 Å². The summed E-state index contributed by atoms with van der Waals surface area (Å²) in [4.78, 5) is 38.6. The van der Waals surface area contributed by atoms with Gasteiger partial charge in [0.2, 0.25) is 5.91 Å². The minimum absolute atomic E-state index is 0.0664. The second-order valence-corrected chi connectivity index (χ2v) is 10.1. The lowest BCUT2D eigenvalue weighted by molar-refractivity contribution is -0.132. The number of amides is 3. The summed E-state index contributed by atoms with van der Waals surface area (Å²) in [5.74, 6) is -0.775. The van der Waals surface area contributed by atoms with Crippen LogP contribution in [0.25, 0.3) is 0 Å². The average molecular weight is 529 g/mol. The molecule has 1 aliphatic heterocycles. The fourth-order valence-corrected chi connectivity index (χ4v) is 4.59. The minimum atomic E-state index is -1.94. The van der Waals surface area contributed by atoms with Crippen LogP contribution in [0.4, 0.5) is 9.59 Å². The van der Waals surface area contributed by atoms with Crippen LogP contribution in [-0.2, 0) is 22.4 Å². The van der Waals surface area contributed by atoms with Crippen LogP contribution < -0.4 is 16.4 Å². The number of aryl methyl sites for hydroxylation is 1. The first-order chi connectivity index (χ1) is 17.8. The zero-order valence-corrected chi connectivity index (χ0v) is 21.7. The average Bonchev–Trinajstić information content (AvgIpc) is 3.14. The smallest absolute Gasteiger partial charge is 0.410 e. The number of aliphatic hydroxyl groups excluding tert-OH is 2. The SMILES string of the molecule is CC(O)C(N)(Cc1ccccc1)N(C(=O)O)C(NC(=O)C1NC(=O)OC1(C)C)C(O)CCc1ccccc1. The standard InChI is InChI=1S/C27H36N4O7/c1-17(32)27(28,16-19-12-8-5-9-13-19)31(25(36)37)22(20(33)15-14-18-10-6-4-7-11-18)30-23(34)21-26(2,3)38-24(35)29-21/h4-13,17,20-22,32-33H,14-16,28H2,1-3H3,(H,29,35)(H,30,34)(H,36,37). The van der Waals surface area contributed by atoms with Gasteiger partial charge in [-0.3, -0.25) is 9.69 Å². The molecule has 1 heterocycles. The molecular weight excluding hydrogens is 492 g/mol. The quantitative estimate of drug-likeness (QED) is 0.238. The summed E-state index contributed by atoms with van der Waals surface area (Å²) in [7, 11) is 0. The third-order valence-corrected chi connectivity index (χ3v) is 6.79. The van der Waals surface area contributed by atoms with E-state index in [0.29, 0.717) is 16.9 Å². The minimum Gasteiger partial charge on any atom is -0.465 e. The number of hydrogen-bond donors (Lipinski definition) is 6. The van der Waals surface area contributed by atoms with E-state index >= 15 is 0 Å². The first-order valence-corrected chi connectivity index (χ1v) is 12.4. The highest BCUT2D eigenvalue weighted by Crippen LogP contribution is 2.27. The molecule has 1 saturated heterocycles. The van der Waals surface area contributed by atoms with E-state index in [1.807, 2.05) is 30.3 Å². The molecule has 0 saturated carbocycles. The van der Waals surface area contributed by atoms with Crippen molar-refractivity contribution in [1.29, 1.82) is 0 Å². The summed E-state index contributed by atoms with van der Waals surface area (Å²) < 4.78 is 5.15. The van der Waals surface area contributed by atoms with Gasteiger partial charge in [0, 0.05) is 6.42 Å². The lowest BCUT2D eigenvalue weighted by atomic mass is 9.91. The molecule has 206 valence electrons. The maximum absolute atomic E-state index is 13.3. The van der Waals surface area contributed by atoms with Crippen molar-refractivity contribution in [3.8, 4) is 0 Å². The first kappa shape index (κ1) is 28.9. The molecule has 11 heteroatoms. The van der Waals surface area contributed by atoms with Crippen molar-refractivity contribution in [2.45, 2.75) is 75.7 Å². The molecule has 7 N–H and O–H groups in total. The molecule has 3 amide bonds. The van der Waals surface area contributed by atoms with Gasteiger partial charge in [-0.05, 0) is 44.7 Å². The van der Waals surface area contributed by atoms with Crippen molar-refractivity contribution < 1.29 is 34.4 Å². The number of cyclic esters (lactones) is 1. The van der Waals surface area contributed by atoms with Gasteiger partial charge in [0.05, 0.1) is 12.2 Å². The predicted molar refractivity (Wildman–Crippen MR) is 139 cm³/mol. The van der Waals surface area contributed by atoms with Gasteiger partial charge in [0.1, 0.15) is 17.4 Å². The Balaban J connectivity index is 1.98. The second-order valence-electron chi connectivity index (χ2n) is 10.1. The summed E-state index contributed by atoms with van der Waals surface area (Å²) in [6.45, 7) is 4.41. The van der Waals surface area contributed by atoms with Gasteiger partial charge in [-0.15, -0.1) is 0 Å². The van der Waals surface area contributed by atoms with E-state index in [1.165, 1.54) is 20.8 Å². The Morgan fingerprint density at radius 1 is 1.11 bits per heavy atom. The van der Waals surface area contributed by atoms with Crippen molar-refractivity contribution in [3.63, 3.8) is 0 Å². The Morgan fingerprint density at radius 2 is 1.66 bits per heavy atom. The van der Waals surface area contributed by atoms with Gasteiger partial charge in [-0.1, -0.05) is 60.7 Å². The molecule has 5 unspecified atom stereocenters. The van der Waals surface area contributed by atoms with Crippen molar-refractivity contribution in [2.24, 2.45) is 5.73 Å². The van der Waals surface area contributed by atoms with Gasteiger partial charge >= 0.3 is 12.2 Å². The normalized spacial score (nSPS) is 20.3. The van der Waals surface area contributed by atoms with Crippen LogP contribution in [0.5, 0.6) is 0 Å². The highest BCUT2D eigenvalue weighted by Gasteiger charge is 2.50. The Hall–Kier alpha value is -3.67. The number of benzene rings is 2. The van der Waals surface area contributed by atoms with Gasteiger partial charge in [0.15, 0.2) is 6.04 Å². The number of carboxylic acid groups (broad SMARTS) is 1. The van der Waals surface area contributed by atoms with Crippen molar-refractivity contribution in [3.05, 3.63) is 71.8 Å². The van der Waals surface area contributed by atoms with Crippen LogP contribution >= 0.6 is 0 Å². The van der Waals surface area contributed by atoms with Crippen LogP contribution in [-0.4, -0.2) is 74.0 Å². The molecule has 38 heavy (non-hydrogen) atoms. The highest BCUT2D eigenvalue weighted by atomic mass is 16.6. The van der Waals surface area contributed by atoms with E-state index in [2.05, 4.69) is 10.6 Å². The van der Waals surface area contributed by atoms with E-state index in [-0.39, 0.29) is 12.8 Å². The molecule has 5 atom stereocenters. The summed E-state index contributed by atoms with van der Waals surface area (Å²) in [5.41, 5.74) is 4.97. The molecule has 2 aromatic carbocycles. The number of aliphatic hydroxyl groups is 2. The number of carbonyl (C=O) groups excluding carboxylic acids is 2. The molecule has 3 rings (SSSR count). The highest BCUT2D eigenvalue weighted by molar-refractivity contribution is 5.90. The lowest BCUT2D eigenvalue weighted by Gasteiger charge is -2.47. The number of alkyl carbamates (subject to hydrolysis) is 1. The maximum Gasteiger partial charge on any atom is 0.410 e. The topological polar surface area (TPSA) is 174 Å². The molecular formula is C27H36N4O7. The van der Waals surface area contributed by atoms with Gasteiger partial charge in [-0.2, -0.15) is 0 Å². The van der Waals surface area contributed by atoms with Crippen LogP contribution in [0.15, 0.2) is 60.7 Å². The fraction of sp³-hybridized carbons (Fsp3) is 0.444. The molecule has 0 radical (unpaired) electrons. The number of carbonyl (C=O) groups is 3. The number of hydrogen-bond acceptors (Lipinski definition) is 7. The summed E-state index contributed by atoms with van der Waals surface area (Å²) >= 11 is 0. The summed E-state index contributed by atoms with van der Waals surface area (Å²) in [6, 6.07) is 16.9. The van der Waals surface area contributed by atoms with Crippen LogP contribution in [0.1, 0.15) is 38.3 Å². The Labute approximate surface area is 221 Å². The van der Waals surface area contributed by atoms with E-state index in [9.17, 15) is 29.7 Å². The zero-order valence-electron chi connectivity index (χ0n) is 21.7. The number of nitrogens with two attached hydrogens (primary N) is 1. The monoisotopic (exact) mass is 528 g/mol.